The van der Waals surface area contributed by atoms with Crippen molar-refractivity contribution in [2.75, 3.05) is 0 Å². The number of para-hydroxylation sites is 2. The van der Waals surface area contributed by atoms with Crippen molar-refractivity contribution in [3.63, 3.8) is 0 Å². The average molecular weight is 428 g/mol. The number of rotatable bonds is 4. The van der Waals surface area contributed by atoms with Crippen LogP contribution in [0.4, 0.5) is 11.4 Å². The van der Waals surface area contributed by atoms with E-state index in [1.807, 2.05) is 50.2 Å². The Labute approximate surface area is 191 Å². The molecule has 3 aromatic rings. The van der Waals surface area contributed by atoms with Crippen molar-refractivity contribution in [2.24, 2.45) is 9.98 Å². The summed E-state index contributed by atoms with van der Waals surface area (Å²) in [6, 6.07) is 16.4. The van der Waals surface area contributed by atoms with E-state index < -0.39 is 0 Å². The summed E-state index contributed by atoms with van der Waals surface area (Å²) in [7, 11) is 0. The lowest BCUT2D eigenvalue weighted by atomic mass is 9.86. The molecule has 1 heterocycles. The van der Waals surface area contributed by atoms with E-state index in [-0.39, 0.29) is 10.8 Å². The second kappa shape index (κ2) is 9.11. The highest BCUT2D eigenvalue weighted by atomic mass is 15.0. The third kappa shape index (κ3) is 5.52. The summed E-state index contributed by atoms with van der Waals surface area (Å²) in [5.74, 6) is 1.11. The fourth-order valence-corrected chi connectivity index (χ4v) is 3.52. The molecule has 0 unspecified atom stereocenters. The van der Waals surface area contributed by atoms with Gasteiger partial charge in [0.25, 0.3) is 0 Å². The predicted molar refractivity (Wildman–Crippen MR) is 134 cm³/mol. The highest BCUT2D eigenvalue weighted by Crippen LogP contribution is 2.32. The van der Waals surface area contributed by atoms with Crippen LogP contribution in [0.2, 0.25) is 0 Å². The first-order valence-electron chi connectivity index (χ1n) is 11.0. The monoisotopic (exact) mass is 427 g/mol. The zero-order valence-electron chi connectivity index (χ0n) is 20.4. The fraction of sp³-hybridized carbons (Fsp3) is 0.370. The van der Waals surface area contributed by atoms with Crippen LogP contribution < -0.4 is 0 Å². The molecule has 0 radical (unpaired) electrons. The van der Waals surface area contributed by atoms with E-state index >= 15 is 0 Å². The second-order valence-corrected chi connectivity index (χ2v) is 10.1. The third-order valence-corrected chi connectivity index (χ3v) is 5.22. The van der Waals surface area contributed by atoms with Gasteiger partial charge in [0, 0.05) is 0 Å². The minimum Gasteiger partial charge on any atom is -0.250 e. The number of benzene rings is 2. The van der Waals surface area contributed by atoms with Crippen molar-refractivity contribution < 1.29 is 0 Å². The Kier molecular flexibility index (Phi) is 6.68. The van der Waals surface area contributed by atoms with E-state index in [0.717, 1.165) is 22.8 Å². The normalized spacial score (nSPS) is 13.4. The first-order valence-corrected chi connectivity index (χ1v) is 11.0. The summed E-state index contributed by atoms with van der Waals surface area (Å²) >= 11 is 0. The Morgan fingerprint density at radius 3 is 1.38 bits per heavy atom. The van der Waals surface area contributed by atoms with Crippen molar-refractivity contribution in [3.8, 4) is 0 Å². The van der Waals surface area contributed by atoms with E-state index in [4.69, 9.17) is 9.98 Å². The number of nitrogens with zero attached hydrogens (tertiary/aromatic N) is 5. The molecule has 0 aliphatic carbocycles. The fourth-order valence-electron chi connectivity index (χ4n) is 3.52. The molecule has 1 aromatic heterocycles. The minimum absolute atomic E-state index is 0.00563. The van der Waals surface area contributed by atoms with Crippen molar-refractivity contribution in [2.45, 2.75) is 66.2 Å². The molecule has 166 valence electrons. The Bertz CT molecular complexity index is 1070. The van der Waals surface area contributed by atoms with Crippen LogP contribution in [-0.2, 0) is 10.8 Å². The van der Waals surface area contributed by atoms with Gasteiger partial charge in [0.2, 0.25) is 0 Å². The lowest BCUT2D eigenvalue weighted by Crippen LogP contribution is -2.13. The molecule has 5 nitrogen and oxygen atoms in total. The summed E-state index contributed by atoms with van der Waals surface area (Å²) < 4.78 is 0. The number of hydrogen-bond acceptors (Lipinski definition) is 5. The summed E-state index contributed by atoms with van der Waals surface area (Å²) in [5, 5.41) is 0. The molecular weight excluding hydrogens is 394 g/mol. The van der Waals surface area contributed by atoms with Crippen LogP contribution in [0.1, 0.15) is 78.2 Å². The Morgan fingerprint density at radius 1 is 0.625 bits per heavy atom. The van der Waals surface area contributed by atoms with Gasteiger partial charge in [-0.25, -0.2) is 24.9 Å². The highest BCUT2D eigenvalue weighted by molar-refractivity contribution is 6.00. The van der Waals surface area contributed by atoms with E-state index in [0.29, 0.717) is 11.6 Å². The summed E-state index contributed by atoms with van der Waals surface area (Å²) in [4.78, 5) is 23.1. The van der Waals surface area contributed by atoms with Crippen molar-refractivity contribution in [1.29, 1.82) is 0 Å². The third-order valence-electron chi connectivity index (χ3n) is 5.22. The zero-order chi connectivity index (χ0) is 23.5. The predicted octanol–water partition coefficient (Wildman–Crippen LogP) is 6.75. The molecule has 0 aliphatic heterocycles. The van der Waals surface area contributed by atoms with Gasteiger partial charge >= 0.3 is 0 Å². The molecule has 0 spiro atoms. The van der Waals surface area contributed by atoms with Crippen molar-refractivity contribution >= 4 is 22.8 Å². The Hall–Kier alpha value is -3.21. The van der Waals surface area contributed by atoms with Crippen LogP contribution in [0.5, 0.6) is 0 Å². The van der Waals surface area contributed by atoms with E-state index in [1.54, 1.807) is 0 Å². The van der Waals surface area contributed by atoms with Gasteiger partial charge in [-0.1, -0.05) is 77.9 Å². The van der Waals surface area contributed by atoms with Gasteiger partial charge in [-0.05, 0) is 47.9 Å². The maximum absolute atomic E-state index is 4.85. The quantitative estimate of drug-likeness (QED) is 0.433. The zero-order valence-corrected chi connectivity index (χ0v) is 20.4. The molecule has 0 bridgehead atoms. The van der Waals surface area contributed by atoms with E-state index in [1.165, 1.54) is 17.5 Å². The minimum atomic E-state index is -0.00563. The summed E-state index contributed by atoms with van der Waals surface area (Å²) in [6.07, 6.45) is 1.53. The standard InChI is InChI=1S/C27H33N5/c1-18(30-22-15-11-9-13-20(22)26(3,4)5)24-28-17-29-25(32-24)19(2)31-23-16-12-10-14-21(23)27(6,7)8/h9-17H,1-8H3. The summed E-state index contributed by atoms with van der Waals surface area (Å²) in [5.41, 5.74) is 5.72. The van der Waals surface area contributed by atoms with Crippen LogP contribution >= 0.6 is 0 Å². The van der Waals surface area contributed by atoms with Gasteiger partial charge in [0.15, 0.2) is 11.6 Å². The molecule has 3 rings (SSSR count). The Morgan fingerprint density at radius 2 is 1.00 bits per heavy atom. The molecule has 0 fully saturated rings. The van der Waals surface area contributed by atoms with Gasteiger partial charge in [-0.3, -0.25) is 0 Å². The topological polar surface area (TPSA) is 63.4 Å². The Balaban J connectivity index is 1.98. The lowest BCUT2D eigenvalue weighted by molar-refractivity contribution is 0.591. The molecule has 0 saturated heterocycles. The maximum Gasteiger partial charge on any atom is 0.177 e. The molecule has 5 heteroatoms. The van der Waals surface area contributed by atoms with Gasteiger partial charge in [-0.15, -0.1) is 0 Å². The van der Waals surface area contributed by atoms with Gasteiger partial charge in [0.1, 0.15) is 6.33 Å². The van der Waals surface area contributed by atoms with Crippen molar-refractivity contribution in [3.05, 3.63) is 77.6 Å². The smallest absolute Gasteiger partial charge is 0.177 e. The van der Waals surface area contributed by atoms with Crippen LogP contribution in [-0.4, -0.2) is 26.4 Å². The van der Waals surface area contributed by atoms with Crippen LogP contribution in [0.3, 0.4) is 0 Å². The van der Waals surface area contributed by atoms with Crippen LogP contribution in [0.15, 0.2) is 64.8 Å². The molecule has 0 atom stereocenters. The van der Waals surface area contributed by atoms with Gasteiger partial charge in [-0.2, -0.15) is 0 Å². The largest absolute Gasteiger partial charge is 0.250 e. The van der Waals surface area contributed by atoms with Gasteiger partial charge in [0.05, 0.1) is 22.8 Å². The highest BCUT2D eigenvalue weighted by Gasteiger charge is 2.19. The van der Waals surface area contributed by atoms with Gasteiger partial charge < -0.3 is 0 Å². The number of hydrogen-bond donors (Lipinski definition) is 0. The summed E-state index contributed by atoms with van der Waals surface area (Å²) in [6.45, 7) is 17.0. The van der Waals surface area contributed by atoms with Crippen molar-refractivity contribution in [1.82, 2.24) is 15.0 Å². The molecule has 0 amide bonds. The molecule has 0 aliphatic rings. The number of aliphatic imine (C=N–C) groups is 2. The molecule has 2 aromatic carbocycles. The molecule has 32 heavy (non-hydrogen) atoms. The molecular formula is C27H33N5. The molecule has 0 N–H and O–H groups in total. The van der Waals surface area contributed by atoms with E-state index in [9.17, 15) is 0 Å². The number of aromatic nitrogens is 3. The maximum atomic E-state index is 4.85. The average Bonchev–Trinajstić information content (AvgIpc) is 2.73. The van der Waals surface area contributed by atoms with Crippen LogP contribution in [0.25, 0.3) is 0 Å². The second-order valence-electron chi connectivity index (χ2n) is 10.1. The first kappa shape index (κ1) is 23.5. The molecule has 0 saturated carbocycles. The first-order chi connectivity index (χ1) is 15.0. The SMILES string of the molecule is CC(=Nc1ccccc1C(C)(C)C)c1ncnc(C(C)=Nc2ccccc2C(C)(C)C)n1. The van der Waals surface area contributed by atoms with E-state index in [2.05, 4.69) is 68.6 Å². The van der Waals surface area contributed by atoms with Crippen LogP contribution in [0, 0.1) is 0 Å². The lowest BCUT2D eigenvalue weighted by Gasteiger charge is -2.21.